The largest absolute Gasteiger partial charge is 0.435 e. The van der Waals surface area contributed by atoms with Crippen LogP contribution in [0.25, 0.3) is 0 Å². The quantitative estimate of drug-likeness (QED) is 0.866. The lowest BCUT2D eigenvalue weighted by Crippen LogP contribution is -2.22. The van der Waals surface area contributed by atoms with Gasteiger partial charge in [-0.15, -0.1) is 0 Å². The summed E-state index contributed by atoms with van der Waals surface area (Å²) in [7, 11) is 1.49. The van der Waals surface area contributed by atoms with Gasteiger partial charge in [0.1, 0.15) is 0 Å². The van der Waals surface area contributed by atoms with Crippen molar-refractivity contribution in [1.29, 1.82) is 0 Å². The zero-order valence-corrected chi connectivity index (χ0v) is 9.01. The van der Waals surface area contributed by atoms with Crippen molar-refractivity contribution < 1.29 is 13.2 Å². The molecule has 1 aliphatic rings. The monoisotopic (exact) mass is 233 g/mol. The van der Waals surface area contributed by atoms with E-state index in [-0.39, 0.29) is 11.1 Å². The Hall–Kier alpha value is -1.04. The van der Waals surface area contributed by atoms with Gasteiger partial charge in [0.25, 0.3) is 0 Å². The maximum absolute atomic E-state index is 12.6. The molecule has 1 aliphatic carbocycles. The van der Waals surface area contributed by atoms with Crippen molar-refractivity contribution in [1.82, 2.24) is 9.78 Å². The maximum Gasteiger partial charge on any atom is 0.435 e. The highest BCUT2D eigenvalue weighted by Crippen LogP contribution is 2.38. The first-order valence-electron chi connectivity index (χ1n) is 5.19. The summed E-state index contributed by atoms with van der Waals surface area (Å²) in [5.41, 5.74) is 5.09. The van der Waals surface area contributed by atoms with E-state index >= 15 is 0 Å². The smallest absolute Gasteiger partial charge is 0.325 e. The molecule has 1 aromatic heterocycles. The third-order valence-electron chi connectivity index (χ3n) is 2.96. The molecule has 2 rings (SSSR count). The fraction of sp³-hybridized carbons (Fsp3) is 0.700. The Bertz CT molecular complexity index is 391. The lowest BCUT2D eigenvalue weighted by Gasteiger charge is -2.09. The number of aryl methyl sites for hydroxylation is 2. The van der Waals surface area contributed by atoms with Gasteiger partial charge in [-0.05, 0) is 25.7 Å². The van der Waals surface area contributed by atoms with Crippen LogP contribution in [0.15, 0.2) is 6.20 Å². The predicted molar refractivity (Wildman–Crippen MR) is 52.7 cm³/mol. The van der Waals surface area contributed by atoms with Crippen LogP contribution in [-0.2, 0) is 19.6 Å². The Labute approximate surface area is 91.4 Å². The molecule has 0 unspecified atom stereocenters. The molecular weight excluding hydrogens is 219 g/mol. The predicted octanol–water partition coefficient (Wildman–Crippen LogP) is 1.86. The van der Waals surface area contributed by atoms with Gasteiger partial charge in [-0.1, -0.05) is 0 Å². The summed E-state index contributed by atoms with van der Waals surface area (Å²) in [5.74, 6) is 0. The molecule has 0 atom stereocenters. The normalized spacial score (nSPS) is 18.8. The molecule has 6 heteroatoms. The number of hydrogen-bond donors (Lipinski definition) is 1. The molecule has 0 bridgehead atoms. The first kappa shape index (κ1) is 11.4. The van der Waals surface area contributed by atoms with Crippen LogP contribution in [0.5, 0.6) is 0 Å². The summed E-state index contributed by atoms with van der Waals surface area (Å²) >= 11 is 0. The van der Waals surface area contributed by atoms with Gasteiger partial charge in [0.2, 0.25) is 0 Å². The molecular formula is C10H14F3N3. The van der Waals surface area contributed by atoms with Gasteiger partial charge >= 0.3 is 6.18 Å². The zero-order chi connectivity index (χ0) is 12.0. The Morgan fingerprint density at radius 1 is 1.50 bits per heavy atom. The third-order valence-corrected chi connectivity index (χ3v) is 2.96. The lowest BCUT2D eigenvalue weighted by molar-refractivity contribution is -0.142. The molecule has 0 amide bonds. The van der Waals surface area contributed by atoms with E-state index in [1.54, 1.807) is 0 Å². The van der Waals surface area contributed by atoms with Crippen LogP contribution >= 0.6 is 0 Å². The number of hydrogen-bond acceptors (Lipinski definition) is 2. The molecule has 0 radical (unpaired) electrons. The van der Waals surface area contributed by atoms with E-state index in [4.69, 9.17) is 5.73 Å². The molecule has 2 N–H and O–H groups in total. The number of aromatic nitrogens is 2. The summed E-state index contributed by atoms with van der Waals surface area (Å²) in [6, 6.07) is 0. The minimum absolute atomic E-state index is 0.224. The fourth-order valence-electron chi connectivity index (χ4n) is 1.75. The van der Waals surface area contributed by atoms with Crippen molar-refractivity contribution in [2.24, 2.45) is 12.8 Å². The van der Waals surface area contributed by atoms with Crippen molar-refractivity contribution in [3.05, 3.63) is 17.5 Å². The second-order valence-corrected chi connectivity index (χ2v) is 4.54. The van der Waals surface area contributed by atoms with Crippen LogP contribution in [0.1, 0.15) is 30.5 Å². The van der Waals surface area contributed by atoms with Gasteiger partial charge in [0, 0.05) is 24.3 Å². The first-order valence-corrected chi connectivity index (χ1v) is 5.19. The topological polar surface area (TPSA) is 43.8 Å². The SMILES string of the molecule is Cn1cc(CCC2(N)CC2)c(C(F)(F)F)n1. The van der Waals surface area contributed by atoms with E-state index in [2.05, 4.69) is 5.10 Å². The molecule has 0 spiro atoms. The van der Waals surface area contributed by atoms with Crippen LogP contribution < -0.4 is 5.73 Å². The van der Waals surface area contributed by atoms with E-state index in [1.807, 2.05) is 0 Å². The fourth-order valence-corrected chi connectivity index (χ4v) is 1.75. The molecule has 1 heterocycles. The molecule has 0 aromatic carbocycles. The van der Waals surface area contributed by atoms with Crippen LogP contribution in [-0.4, -0.2) is 15.3 Å². The van der Waals surface area contributed by atoms with Crippen molar-refractivity contribution >= 4 is 0 Å². The second-order valence-electron chi connectivity index (χ2n) is 4.54. The van der Waals surface area contributed by atoms with Crippen molar-refractivity contribution in [2.45, 2.75) is 37.4 Å². The van der Waals surface area contributed by atoms with Gasteiger partial charge in [0.05, 0.1) is 0 Å². The zero-order valence-electron chi connectivity index (χ0n) is 9.01. The molecule has 1 saturated carbocycles. The van der Waals surface area contributed by atoms with E-state index in [9.17, 15) is 13.2 Å². The van der Waals surface area contributed by atoms with Crippen LogP contribution in [0.3, 0.4) is 0 Å². The van der Waals surface area contributed by atoms with Crippen LogP contribution in [0.2, 0.25) is 0 Å². The van der Waals surface area contributed by atoms with Crippen LogP contribution in [0, 0.1) is 0 Å². The summed E-state index contributed by atoms with van der Waals surface area (Å²) in [5, 5.41) is 3.45. The number of nitrogens with two attached hydrogens (primary N) is 1. The second kappa shape index (κ2) is 3.48. The molecule has 1 aromatic rings. The van der Waals surface area contributed by atoms with Gasteiger partial charge in [-0.25, -0.2) is 0 Å². The number of nitrogens with zero attached hydrogens (tertiary/aromatic N) is 2. The summed E-state index contributed by atoms with van der Waals surface area (Å²) < 4.78 is 39.0. The standard InChI is InChI=1S/C10H14F3N3/c1-16-6-7(2-3-9(14)4-5-9)8(15-16)10(11,12)13/h6H,2-5,14H2,1H3. The van der Waals surface area contributed by atoms with Gasteiger partial charge in [0.15, 0.2) is 5.69 Å². The van der Waals surface area contributed by atoms with Crippen molar-refractivity contribution in [3.63, 3.8) is 0 Å². The highest BCUT2D eigenvalue weighted by Gasteiger charge is 2.40. The van der Waals surface area contributed by atoms with Crippen molar-refractivity contribution in [3.8, 4) is 0 Å². The highest BCUT2D eigenvalue weighted by atomic mass is 19.4. The average Bonchev–Trinajstić information content (AvgIpc) is 2.73. The lowest BCUT2D eigenvalue weighted by atomic mass is 10.0. The van der Waals surface area contributed by atoms with Crippen LogP contribution in [0.4, 0.5) is 13.2 Å². The Balaban J connectivity index is 2.13. The summed E-state index contributed by atoms with van der Waals surface area (Å²) in [6.07, 6.45) is -0.180. The molecule has 0 aliphatic heterocycles. The summed E-state index contributed by atoms with van der Waals surface area (Å²) in [6.45, 7) is 0. The Morgan fingerprint density at radius 2 is 2.12 bits per heavy atom. The Morgan fingerprint density at radius 3 is 2.62 bits per heavy atom. The highest BCUT2D eigenvalue weighted by molar-refractivity contribution is 5.21. The van der Waals surface area contributed by atoms with Gasteiger partial charge < -0.3 is 5.73 Å². The molecule has 1 fully saturated rings. The Kier molecular flexibility index (Phi) is 2.49. The molecule has 16 heavy (non-hydrogen) atoms. The third kappa shape index (κ3) is 2.37. The molecule has 3 nitrogen and oxygen atoms in total. The van der Waals surface area contributed by atoms with E-state index in [1.165, 1.54) is 17.9 Å². The average molecular weight is 233 g/mol. The van der Waals surface area contributed by atoms with Crippen molar-refractivity contribution in [2.75, 3.05) is 0 Å². The van der Waals surface area contributed by atoms with E-state index < -0.39 is 11.9 Å². The molecule has 90 valence electrons. The molecule has 0 saturated heterocycles. The number of rotatable bonds is 3. The number of halogens is 3. The first-order chi connectivity index (χ1) is 7.30. The maximum atomic E-state index is 12.6. The minimum atomic E-state index is -4.37. The number of alkyl halides is 3. The van der Waals surface area contributed by atoms with E-state index in [0.29, 0.717) is 12.8 Å². The minimum Gasteiger partial charge on any atom is -0.325 e. The van der Waals surface area contributed by atoms with Gasteiger partial charge in [-0.2, -0.15) is 18.3 Å². The van der Waals surface area contributed by atoms with Gasteiger partial charge in [-0.3, -0.25) is 4.68 Å². The van der Waals surface area contributed by atoms with E-state index in [0.717, 1.165) is 12.8 Å². The summed E-state index contributed by atoms with van der Waals surface area (Å²) in [4.78, 5) is 0.